The number of halogens is 3. The van der Waals surface area contributed by atoms with Gasteiger partial charge in [-0.1, -0.05) is 20.8 Å². The number of primary amides is 1. The molecule has 0 aromatic heterocycles. The average Bonchev–Trinajstić information content (AvgIpc) is 1.89. The normalized spacial score (nSPS) is 12.8. The van der Waals surface area contributed by atoms with Crippen LogP contribution < -0.4 is 5.73 Å². The molecule has 0 radical (unpaired) electrons. The van der Waals surface area contributed by atoms with Gasteiger partial charge in [0.1, 0.15) is 5.92 Å². The quantitative estimate of drug-likeness (QED) is 0.703. The summed E-state index contributed by atoms with van der Waals surface area (Å²) in [6.07, 6.45) is -4.78. The Labute approximate surface area is 69.9 Å². The summed E-state index contributed by atoms with van der Waals surface area (Å²) < 4.78 is 35.0. The van der Waals surface area contributed by atoms with E-state index < -0.39 is 18.0 Å². The molecular weight excluding hydrogens is 171 g/mol. The summed E-state index contributed by atoms with van der Waals surface area (Å²) in [5.41, 5.74) is 4.47. The van der Waals surface area contributed by atoms with E-state index >= 15 is 0 Å². The Morgan fingerprint density at radius 3 is 1.75 bits per heavy atom. The maximum absolute atomic E-state index is 11.7. The van der Waals surface area contributed by atoms with Crippen LogP contribution in [0.1, 0.15) is 27.2 Å². The lowest BCUT2D eigenvalue weighted by molar-refractivity contribution is -0.181. The van der Waals surface area contributed by atoms with Crippen molar-refractivity contribution < 1.29 is 18.0 Å². The van der Waals surface area contributed by atoms with Gasteiger partial charge in [-0.15, -0.1) is 0 Å². The van der Waals surface area contributed by atoms with Crippen molar-refractivity contribution in [3.05, 3.63) is 0 Å². The lowest BCUT2D eigenvalue weighted by Crippen LogP contribution is -2.34. The molecule has 74 valence electrons. The Morgan fingerprint density at radius 2 is 1.75 bits per heavy atom. The molecule has 0 rings (SSSR count). The van der Waals surface area contributed by atoms with Crippen molar-refractivity contribution in [1.29, 1.82) is 0 Å². The fraction of sp³-hybridized carbons (Fsp3) is 0.857. The Bertz CT molecular complexity index is 133. The maximum atomic E-state index is 11.7. The molecule has 2 nitrogen and oxygen atoms in total. The first kappa shape index (κ1) is 13.8. The highest BCUT2D eigenvalue weighted by molar-refractivity contribution is 5.77. The summed E-state index contributed by atoms with van der Waals surface area (Å²) in [5, 5.41) is 0. The van der Waals surface area contributed by atoms with E-state index in [1.807, 2.05) is 13.8 Å². The Morgan fingerprint density at radius 1 is 1.42 bits per heavy atom. The molecule has 0 aromatic rings. The Hall–Kier alpha value is -0.740. The van der Waals surface area contributed by atoms with Crippen molar-refractivity contribution in [1.82, 2.24) is 0 Å². The Kier molecular flexibility index (Phi) is 6.74. The van der Waals surface area contributed by atoms with Crippen LogP contribution >= 0.6 is 0 Å². The first-order chi connectivity index (χ1) is 5.39. The second-order valence-corrected chi connectivity index (χ2v) is 1.90. The van der Waals surface area contributed by atoms with Crippen molar-refractivity contribution in [2.75, 3.05) is 0 Å². The second-order valence-electron chi connectivity index (χ2n) is 1.90. The van der Waals surface area contributed by atoms with Crippen molar-refractivity contribution in [2.45, 2.75) is 33.4 Å². The molecular formula is C7H14F3NO. The molecule has 0 fully saturated rings. The van der Waals surface area contributed by atoms with Crippen LogP contribution in [0.3, 0.4) is 0 Å². The minimum absolute atomic E-state index is 0.293. The number of carbonyl (C=O) groups is 1. The van der Waals surface area contributed by atoms with Crippen LogP contribution in [0, 0.1) is 5.92 Å². The number of rotatable bonds is 2. The van der Waals surface area contributed by atoms with E-state index in [9.17, 15) is 18.0 Å². The van der Waals surface area contributed by atoms with Gasteiger partial charge in [0.2, 0.25) is 5.91 Å². The Balaban J connectivity index is 0. The molecule has 0 aromatic carbocycles. The summed E-state index contributed by atoms with van der Waals surface area (Å²) in [5.74, 6) is -3.30. The van der Waals surface area contributed by atoms with E-state index in [0.29, 0.717) is 0 Å². The lowest BCUT2D eigenvalue weighted by Gasteiger charge is -2.13. The van der Waals surface area contributed by atoms with E-state index in [1.165, 1.54) is 6.92 Å². The van der Waals surface area contributed by atoms with Gasteiger partial charge >= 0.3 is 6.18 Å². The minimum Gasteiger partial charge on any atom is -0.369 e. The molecule has 5 heteroatoms. The van der Waals surface area contributed by atoms with E-state index in [2.05, 4.69) is 5.73 Å². The average molecular weight is 185 g/mol. The van der Waals surface area contributed by atoms with Gasteiger partial charge in [-0.05, 0) is 6.42 Å². The van der Waals surface area contributed by atoms with Gasteiger partial charge in [-0.25, -0.2) is 0 Å². The summed E-state index contributed by atoms with van der Waals surface area (Å²) in [6, 6.07) is 0. The summed E-state index contributed by atoms with van der Waals surface area (Å²) >= 11 is 0. The zero-order valence-electron chi connectivity index (χ0n) is 7.40. The third-order valence-electron chi connectivity index (χ3n) is 1.15. The smallest absolute Gasteiger partial charge is 0.369 e. The molecule has 0 spiro atoms. The molecule has 2 N–H and O–H groups in total. The van der Waals surface area contributed by atoms with Crippen molar-refractivity contribution in [2.24, 2.45) is 11.7 Å². The number of alkyl halides is 3. The third-order valence-corrected chi connectivity index (χ3v) is 1.15. The molecule has 12 heavy (non-hydrogen) atoms. The number of hydrogen-bond acceptors (Lipinski definition) is 1. The first-order valence-electron chi connectivity index (χ1n) is 3.75. The van der Waals surface area contributed by atoms with Gasteiger partial charge in [0.05, 0.1) is 0 Å². The van der Waals surface area contributed by atoms with Gasteiger partial charge in [0.15, 0.2) is 0 Å². The van der Waals surface area contributed by atoms with Crippen molar-refractivity contribution in [3.63, 3.8) is 0 Å². The zero-order chi connectivity index (χ0) is 10.4. The number of amides is 1. The highest BCUT2D eigenvalue weighted by atomic mass is 19.4. The number of hydrogen-bond donors (Lipinski definition) is 1. The van der Waals surface area contributed by atoms with Gasteiger partial charge in [-0.3, -0.25) is 4.79 Å². The molecule has 1 unspecified atom stereocenters. The molecule has 0 bridgehead atoms. The maximum Gasteiger partial charge on any atom is 0.400 e. The highest BCUT2D eigenvalue weighted by Crippen LogP contribution is 2.27. The lowest BCUT2D eigenvalue weighted by atomic mass is 10.1. The SMILES string of the molecule is CC.CCC(C(N)=O)C(F)(F)F. The van der Waals surface area contributed by atoms with Crippen LogP contribution in [0.15, 0.2) is 0 Å². The van der Waals surface area contributed by atoms with E-state index in [-0.39, 0.29) is 6.42 Å². The van der Waals surface area contributed by atoms with Gasteiger partial charge in [-0.2, -0.15) is 13.2 Å². The third kappa shape index (κ3) is 4.98. The molecule has 0 aliphatic rings. The van der Waals surface area contributed by atoms with Crippen LogP contribution in [0.25, 0.3) is 0 Å². The zero-order valence-corrected chi connectivity index (χ0v) is 7.40. The molecule has 0 aliphatic carbocycles. The van der Waals surface area contributed by atoms with Crippen LogP contribution in [0.4, 0.5) is 13.2 Å². The number of nitrogens with two attached hydrogens (primary N) is 1. The van der Waals surface area contributed by atoms with Gasteiger partial charge < -0.3 is 5.73 Å². The van der Waals surface area contributed by atoms with E-state index in [1.54, 1.807) is 0 Å². The molecule has 0 aliphatic heterocycles. The van der Waals surface area contributed by atoms with Crippen molar-refractivity contribution >= 4 is 5.91 Å². The number of carbonyl (C=O) groups excluding carboxylic acids is 1. The topological polar surface area (TPSA) is 43.1 Å². The minimum atomic E-state index is -4.49. The van der Waals surface area contributed by atoms with Crippen LogP contribution in [-0.4, -0.2) is 12.1 Å². The monoisotopic (exact) mass is 185 g/mol. The molecule has 1 amide bonds. The van der Waals surface area contributed by atoms with E-state index in [4.69, 9.17) is 0 Å². The molecule has 0 saturated heterocycles. The standard InChI is InChI=1S/C5H8F3NO.C2H6/c1-2-3(4(9)10)5(6,7)8;1-2/h3H,2H2,1H3,(H2,9,10);1-2H3. The van der Waals surface area contributed by atoms with Gasteiger partial charge in [0.25, 0.3) is 0 Å². The predicted molar refractivity (Wildman–Crippen MR) is 40.4 cm³/mol. The fourth-order valence-electron chi connectivity index (χ4n) is 0.594. The highest BCUT2D eigenvalue weighted by Gasteiger charge is 2.42. The van der Waals surface area contributed by atoms with E-state index in [0.717, 1.165) is 0 Å². The summed E-state index contributed by atoms with van der Waals surface area (Å²) in [7, 11) is 0. The summed E-state index contributed by atoms with van der Waals surface area (Å²) in [4.78, 5) is 10.1. The largest absolute Gasteiger partial charge is 0.400 e. The summed E-state index contributed by atoms with van der Waals surface area (Å²) in [6.45, 7) is 5.27. The predicted octanol–water partition coefficient (Wildman–Crippen LogP) is 2.09. The second kappa shape index (κ2) is 5.85. The molecule has 1 atom stereocenters. The molecule has 0 saturated carbocycles. The van der Waals surface area contributed by atoms with Crippen LogP contribution in [0.5, 0.6) is 0 Å². The molecule has 0 heterocycles. The van der Waals surface area contributed by atoms with Crippen LogP contribution in [0.2, 0.25) is 0 Å². The van der Waals surface area contributed by atoms with Crippen LogP contribution in [-0.2, 0) is 4.79 Å². The van der Waals surface area contributed by atoms with Crippen molar-refractivity contribution in [3.8, 4) is 0 Å². The fourth-order valence-corrected chi connectivity index (χ4v) is 0.594. The van der Waals surface area contributed by atoms with Gasteiger partial charge in [0, 0.05) is 0 Å². The first-order valence-corrected chi connectivity index (χ1v) is 3.75.